The second kappa shape index (κ2) is 8.71. The molecule has 4 aromatic heterocycles. The van der Waals surface area contributed by atoms with Crippen LogP contribution in [0.25, 0.3) is 55.6 Å². The normalized spacial score (nSPS) is 13.6. The topological polar surface area (TPSA) is 99.3 Å². The van der Waals surface area contributed by atoms with E-state index in [1.165, 1.54) is 0 Å². The molecule has 180 valence electrons. The molecule has 1 saturated carbocycles. The van der Waals surface area contributed by atoms with E-state index in [-0.39, 0.29) is 11.8 Å². The van der Waals surface area contributed by atoms with E-state index < -0.39 is 0 Å². The molecule has 0 aliphatic heterocycles. The molecule has 4 heterocycles. The first-order valence-electron chi connectivity index (χ1n) is 12.5. The Labute approximate surface area is 213 Å². The maximum absolute atomic E-state index is 12.4. The van der Waals surface area contributed by atoms with Gasteiger partial charge in [0.25, 0.3) is 0 Å². The number of hydrogen-bond donors (Lipinski definition) is 3. The van der Waals surface area contributed by atoms with E-state index in [2.05, 4.69) is 54.7 Å². The van der Waals surface area contributed by atoms with Crippen molar-refractivity contribution >= 4 is 33.4 Å². The number of carbonyl (C=O) groups excluding carboxylic acids is 1. The molecule has 37 heavy (non-hydrogen) atoms. The van der Waals surface area contributed by atoms with Crippen molar-refractivity contribution in [2.24, 2.45) is 5.92 Å². The number of benzene rings is 2. The highest BCUT2D eigenvalue weighted by Gasteiger charge is 2.25. The number of anilines is 1. The van der Waals surface area contributed by atoms with Gasteiger partial charge in [-0.1, -0.05) is 30.7 Å². The first-order chi connectivity index (χ1) is 18.2. The van der Waals surface area contributed by atoms with Gasteiger partial charge in [0, 0.05) is 45.7 Å². The molecule has 7 nitrogen and oxygen atoms in total. The summed E-state index contributed by atoms with van der Waals surface area (Å²) in [7, 11) is 0. The summed E-state index contributed by atoms with van der Waals surface area (Å²) in [5, 5.41) is 12.9. The quantitative estimate of drug-likeness (QED) is 0.258. The van der Waals surface area contributed by atoms with Crippen LogP contribution in [-0.2, 0) is 4.79 Å². The molecule has 0 spiro atoms. The van der Waals surface area contributed by atoms with Gasteiger partial charge in [0.2, 0.25) is 5.91 Å². The zero-order valence-corrected chi connectivity index (χ0v) is 20.0. The van der Waals surface area contributed by atoms with Crippen LogP contribution >= 0.6 is 0 Å². The Morgan fingerprint density at radius 1 is 0.892 bits per heavy atom. The van der Waals surface area contributed by atoms with Gasteiger partial charge >= 0.3 is 0 Å². The Morgan fingerprint density at radius 2 is 1.84 bits per heavy atom. The first kappa shape index (κ1) is 21.5. The lowest BCUT2D eigenvalue weighted by molar-refractivity contribution is -0.122. The van der Waals surface area contributed by atoms with Gasteiger partial charge in [-0.15, -0.1) is 0 Å². The van der Waals surface area contributed by atoms with Gasteiger partial charge in [-0.2, -0.15) is 5.10 Å². The highest BCUT2D eigenvalue weighted by molar-refractivity contribution is 6.01. The summed E-state index contributed by atoms with van der Waals surface area (Å²) in [6.07, 6.45) is 8.40. The van der Waals surface area contributed by atoms with Crippen molar-refractivity contribution in [1.82, 2.24) is 25.1 Å². The van der Waals surface area contributed by atoms with E-state index in [0.29, 0.717) is 0 Å². The van der Waals surface area contributed by atoms with Crippen LogP contribution < -0.4 is 5.32 Å². The Bertz CT molecular complexity index is 1760. The molecule has 6 aromatic rings. The fraction of sp³-hybridized carbons (Fsp3) is 0.133. The molecule has 0 radical (unpaired) electrons. The number of rotatable bonds is 5. The molecule has 0 atom stereocenters. The van der Waals surface area contributed by atoms with E-state index >= 15 is 0 Å². The molecule has 1 fully saturated rings. The zero-order valence-electron chi connectivity index (χ0n) is 20.0. The van der Waals surface area contributed by atoms with Gasteiger partial charge in [-0.05, 0) is 60.9 Å². The van der Waals surface area contributed by atoms with Gasteiger partial charge in [-0.3, -0.25) is 19.9 Å². The van der Waals surface area contributed by atoms with Crippen LogP contribution in [0.5, 0.6) is 0 Å². The van der Waals surface area contributed by atoms with Crippen LogP contribution in [0.1, 0.15) is 19.3 Å². The largest absolute Gasteiger partial charge is 0.353 e. The standard InChI is InChI=1S/C30H24N6O/c37-30(18-5-3-6-18)33-21-13-20(16-31-17-21)19-10-11-27-24(14-19)29(36-35-27)28-15-23-22(7-4-9-26(23)34-28)25-8-1-2-12-32-25/h1-2,4,7-18,34H,3,5-6H2,(H,33,37)(H,35,36). The van der Waals surface area contributed by atoms with Crippen molar-refractivity contribution in [1.29, 1.82) is 0 Å². The third-order valence-electron chi connectivity index (χ3n) is 7.24. The molecule has 0 saturated heterocycles. The van der Waals surface area contributed by atoms with E-state index in [1.54, 1.807) is 6.20 Å². The maximum Gasteiger partial charge on any atom is 0.227 e. The number of pyridine rings is 2. The fourth-order valence-corrected chi connectivity index (χ4v) is 5.01. The number of nitrogens with zero attached hydrogens (tertiary/aromatic N) is 3. The number of aromatic amines is 2. The van der Waals surface area contributed by atoms with E-state index in [9.17, 15) is 4.79 Å². The average molecular weight is 485 g/mol. The second-order valence-electron chi connectivity index (χ2n) is 9.58. The van der Waals surface area contributed by atoms with E-state index in [4.69, 9.17) is 0 Å². The predicted octanol–water partition coefficient (Wildman–Crippen LogP) is 6.57. The molecule has 0 unspecified atom stereocenters. The summed E-state index contributed by atoms with van der Waals surface area (Å²) < 4.78 is 0. The van der Waals surface area contributed by atoms with Gasteiger partial charge < -0.3 is 10.3 Å². The van der Waals surface area contributed by atoms with Crippen LogP contribution in [0.4, 0.5) is 5.69 Å². The number of nitrogens with one attached hydrogen (secondary N) is 3. The molecular weight excluding hydrogens is 460 g/mol. The van der Waals surface area contributed by atoms with Gasteiger partial charge in [0.05, 0.1) is 28.8 Å². The summed E-state index contributed by atoms with van der Waals surface area (Å²) in [6, 6.07) is 22.5. The predicted molar refractivity (Wildman–Crippen MR) is 146 cm³/mol. The lowest BCUT2D eigenvalue weighted by atomic mass is 9.85. The maximum atomic E-state index is 12.4. The van der Waals surface area contributed by atoms with Gasteiger partial charge in [-0.25, -0.2) is 0 Å². The van der Waals surface area contributed by atoms with Gasteiger partial charge in [0.15, 0.2) is 0 Å². The highest BCUT2D eigenvalue weighted by Crippen LogP contribution is 2.35. The van der Waals surface area contributed by atoms with Crippen LogP contribution in [0.3, 0.4) is 0 Å². The van der Waals surface area contributed by atoms with Crippen molar-refractivity contribution in [3.05, 3.63) is 85.3 Å². The van der Waals surface area contributed by atoms with Crippen LogP contribution in [0.15, 0.2) is 85.3 Å². The fourth-order valence-electron chi connectivity index (χ4n) is 5.01. The molecule has 7 heteroatoms. The molecule has 0 bridgehead atoms. The molecule has 1 amide bonds. The monoisotopic (exact) mass is 484 g/mol. The smallest absolute Gasteiger partial charge is 0.227 e. The Hall–Kier alpha value is -4.78. The highest BCUT2D eigenvalue weighted by atomic mass is 16.1. The van der Waals surface area contributed by atoms with E-state index in [1.807, 2.05) is 54.9 Å². The third-order valence-corrected chi connectivity index (χ3v) is 7.24. The molecule has 2 aromatic carbocycles. The number of H-pyrrole nitrogens is 2. The second-order valence-corrected chi connectivity index (χ2v) is 9.58. The van der Waals surface area contributed by atoms with Crippen LogP contribution in [-0.4, -0.2) is 31.1 Å². The zero-order chi connectivity index (χ0) is 24.8. The van der Waals surface area contributed by atoms with Crippen molar-refractivity contribution in [3.8, 4) is 33.8 Å². The van der Waals surface area contributed by atoms with Crippen molar-refractivity contribution < 1.29 is 4.79 Å². The number of carbonyl (C=O) groups is 1. The average Bonchev–Trinajstić information content (AvgIpc) is 3.52. The van der Waals surface area contributed by atoms with Crippen molar-refractivity contribution in [2.45, 2.75) is 19.3 Å². The summed E-state index contributed by atoms with van der Waals surface area (Å²) in [5.74, 6) is 0.213. The van der Waals surface area contributed by atoms with Crippen LogP contribution in [0.2, 0.25) is 0 Å². The number of aromatic nitrogens is 5. The van der Waals surface area contributed by atoms with Crippen molar-refractivity contribution in [2.75, 3.05) is 5.32 Å². The lowest BCUT2D eigenvalue weighted by Gasteiger charge is -2.24. The summed E-state index contributed by atoms with van der Waals surface area (Å²) in [5.41, 5.74) is 8.44. The summed E-state index contributed by atoms with van der Waals surface area (Å²) >= 11 is 0. The van der Waals surface area contributed by atoms with Crippen LogP contribution in [0, 0.1) is 5.92 Å². The van der Waals surface area contributed by atoms with E-state index in [0.717, 1.165) is 80.5 Å². The number of hydrogen-bond acceptors (Lipinski definition) is 4. The Kier molecular flexibility index (Phi) is 5.06. The number of amides is 1. The Morgan fingerprint density at radius 3 is 2.68 bits per heavy atom. The molecule has 7 rings (SSSR count). The summed E-state index contributed by atoms with van der Waals surface area (Å²) in [6.45, 7) is 0. The minimum atomic E-state index is 0.0849. The first-order valence-corrected chi connectivity index (χ1v) is 12.5. The Balaban J connectivity index is 1.26. The minimum Gasteiger partial charge on any atom is -0.353 e. The molecular formula is C30H24N6O. The lowest BCUT2D eigenvalue weighted by Crippen LogP contribution is -2.28. The number of fused-ring (bicyclic) bond motifs is 2. The van der Waals surface area contributed by atoms with Gasteiger partial charge in [0.1, 0.15) is 5.69 Å². The molecule has 1 aliphatic carbocycles. The third kappa shape index (κ3) is 3.85. The molecule has 1 aliphatic rings. The summed E-state index contributed by atoms with van der Waals surface area (Å²) in [4.78, 5) is 24.9. The minimum absolute atomic E-state index is 0.0849. The van der Waals surface area contributed by atoms with Crippen molar-refractivity contribution in [3.63, 3.8) is 0 Å². The SMILES string of the molecule is O=C(Nc1cncc(-c2ccc3[nH]nc(-c4cc5c(-c6ccccn6)cccc5[nH]4)c3c2)c1)C1CCC1. The molecule has 3 N–H and O–H groups in total.